The van der Waals surface area contributed by atoms with Crippen molar-refractivity contribution < 1.29 is 19.7 Å². The zero-order valence-corrected chi connectivity index (χ0v) is 15.0. The van der Waals surface area contributed by atoms with Crippen LogP contribution < -0.4 is 10.6 Å². The highest BCUT2D eigenvalue weighted by Gasteiger charge is 2.23. The molecule has 0 aromatic heterocycles. The third kappa shape index (κ3) is 7.01. The zero-order valence-electron chi connectivity index (χ0n) is 15.0. The Bertz CT molecular complexity index is 671. The summed E-state index contributed by atoms with van der Waals surface area (Å²) in [4.78, 5) is 31.7. The van der Waals surface area contributed by atoms with Gasteiger partial charge in [0.25, 0.3) is 11.4 Å². The van der Waals surface area contributed by atoms with Crippen LogP contribution in [0.4, 0.5) is 17.1 Å². The number of benzene rings is 1. The Hall–Kier alpha value is -2.75. The molecule has 1 aromatic carbocycles. The number of carbonyl (C=O) groups is 1. The fourth-order valence-electron chi connectivity index (χ4n) is 2.41. The lowest BCUT2D eigenvalue weighted by atomic mass is 10.0. The second-order valence-corrected chi connectivity index (χ2v) is 6.92. The van der Waals surface area contributed by atoms with Gasteiger partial charge >= 0.3 is 5.97 Å². The van der Waals surface area contributed by atoms with Gasteiger partial charge in [0, 0.05) is 18.2 Å². The first-order valence-electron chi connectivity index (χ1n) is 8.18. The molecular weight excluding hydrogens is 344 g/mol. The molecule has 0 aliphatic heterocycles. The second kappa shape index (κ2) is 9.09. The van der Waals surface area contributed by atoms with E-state index in [1.54, 1.807) is 0 Å². The highest BCUT2D eigenvalue weighted by atomic mass is 16.6. The van der Waals surface area contributed by atoms with Crippen molar-refractivity contribution in [1.82, 2.24) is 5.32 Å². The Kier molecular flexibility index (Phi) is 7.44. The predicted molar refractivity (Wildman–Crippen MR) is 96.4 cm³/mol. The largest absolute Gasteiger partial charge is 0.480 e. The molecule has 10 nitrogen and oxygen atoms in total. The standard InChI is InChI=1S/C16H24N4O6/c1-16(2,3)18-13(15(21)22)6-4-5-9-17-12-8-7-11(19(23)24)10-14(12)20(25)26/h7-8,10,13,17-18H,4-6,9H2,1-3H3,(H,21,22). The van der Waals surface area contributed by atoms with Crippen molar-refractivity contribution in [2.75, 3.05) is 11.9 Å². The molecule has 1 atom stereocenters. The SMILES string of the molecule is CC(C)(C)NC(CCCCNc1ccc([N+](=O)[O-])cc1[N+](=O)[O-])C(=O)O. The summed E-state index contributed by atoms with van der Waals surface area (Å²) in [7, 11) is 0. The molecule has 0 fully saturated rings. The van der Waals surface area contributed by atoms with Crippen molar-refractivity contribution in [3.05, 3.63) is 38.4 Å². The summed E-state index contributed by atoms with van der Waals surface area (Å²) in [5.74, 6) is -0.918. The molecule has 144 valence electrons. The molecule has 3 N–H and O–H groups in total. The molecule has 1 aromatic rings. The number of aliphatic carboxylic acids is 1. The number of nitrogens with zero attached hydrogens (tertiary/aromatic N) is 2. The zero-order chi connectivity index (χ0) is 19.9. The Morgan fingerprint density at radius 1 is 1.19 bits per heavy atom. The van der Waals surface area contributed by atoms with Crippen molar-refractivity contribution in [2.24, 2.45) is 0 Å². The quantitative estimate of drug-likeness (QED) is 0.324. The Balaban J connectivity index is 2.56. The lowest BCUT2D eigenvalue weighted by Crippen LogP contribution is -2.47. The van der Waals surface area contributed by atoms with E-state index in [-0.39, 0.29) is 22.6 Å². The van der Waals surface area contributed by atoms with E-state index >= 15 is 0 Å². The normalized spacial score (nSPS) is 12.4. The molecule has 0 saturated carbocycles. The first-order valence-corrected chi connectivity index (χ1v) is 8.18. The maximum atomic E-state index is 11.3. The van der Waals surface area contributed by atoms with Crippen LogP contribution in [0.5, 0.6) is 0 Å². The van der Waals surface area contributed by atoms with Crippen LogP contribution in [-0.2, 0) is 4.79 Å². The average molecular weight is 368 g/mol. The van der Waals surface area contributed by atoms with Crippen LogP contribution in [0.15, 0.2) is 18.2 Å². The van der Waals surface area contributed by atoms with Gasteiger partial charge in [-0.25, -0.2) is 0 Å². The van der Waals surface area contributed by atoms with Gasteiger partial charge in [0.15, 0.2) is 0 Å². The van der Waals surface area contributed by atoms with E-state index in [0.717, 1.165) is 6.07 Å². The molecule has 1 rings (SSSR count). The first kappa shape index (κ1) is 21.3. The minimum absolute atomic E-state index is 0.197. The van der Waals surface area contributed by atoms with Crippen LogP contribution in [0.3, 0.4) is 0 Å². The minimum Gasteiger partial charge on any atom is -0.480 e. The van der Waals surface area contributed by atoms with E-state index in [4.69, 9.17) is 0 Å². The molecule has 0 amide bonds. The topological polar surface area (TPSA) is 148 Å². The molecule has 0 saturated heterocycles. The molecule has 0 spiro atoms. The lowest BCUT2D eigenvalue weighted by molar-refractivity contribution is -0.393. The van der Waals surface area contributed by atoms with Crippen LogP contribution in [0.1, 0.15) is 40.0 Å². The molecule has 1 unspecified atom stereocenters. The highest BCUT2D eigenvalue weighted by Crippen LogP contribution is 2.28. The molecule has 0 aliphatic carbocycles. The van der Waals surface area contributed by atoms with E-state index in [0.29, 0.717) is 25.8 Å². The van der Waals surface area contributed by atoms with Crippen molar-refractivity contribution >= 4 is 23.0 Å². The van der Waals surface area contributed by atoms with Crippen molar-refractivity contribution in [3.63, 3.8) is 0 Å². The number of anilines is 1. The predicted octanol–water partition coefficient (Wildman–Crippen LogP) is 2.93. The van der Waals surface area contributed by atoms with Crippen LogP contribution in [-0.4, -0.2) is 39.0 Å². The van der Waals surface area contributed by atoms with Gasteiger partial charge in [0.1, 0.15) is 11.7 Å². The molecule has 0 heterocycles. The van der Waals surface area contributed by atoms with Gasteiger partial charge in [-0.15, -0.1) is 0 Å². The highest BCUT2D eigenvalue weighted by molar-refractivity contribution is 5.73. The van der Waals surface area contributed by atoms with Gasteiger partial charge in [-0.05, 0) is 46.1 Å². The summed E-state index contributed by atoms with van der Waals surface area (Å²) >= 11 is 0. The van der Waals surface area contributed by atoms with Crippen LogP contribution in [0.2, 0.25) is 0 Å². The number of carboxylic acid groups (broad SMARTS) is 1. The number of hydrogen-bond acceptors (Lipinski definition) is 7. The number of hydrogen-bond donors (Lipinski definition) is 3. The first-order chi connectivity index (χ1) is 12.0. The third-order valence-electron chi connectivity index (χ3n) is 3.53. The molecular formula is C16H24N4O6. The van der Waals surface area contributed by atoms with Crippen LogP contribution in [0.25, 0.3) is 0 Å². The lowest BCUT2D eigenvalue weighted by Gasteiger charge is -2.26. The van der Waals surface area contributed by atoms with Crippen molar-refractivity contribution in [2.45, 2.75) is 51.6 Å². The molecule has 0 aliphatic rings. The van der Waals surface area contributed by atoms with E-state index in [9.17, 15) is 30.1 Å². The van der Waals surface area contributed by atoms with Gasteiger partial charge in [0.2, 0.25) is 0 Å². The summed E-state index contributed by atoms with van der Waals surface area (Å²) in [6.07, 6.45) is 1.63. The monoisotopic (exact) mass is 368 g/mol. The number of nitro benzene ring substituents is 2. The number of nitro groups is 2. The van der Waals surface area contributed by atoms with Crippen LogP contribution >= 0.6 is 0 Å². The van der Waals surface area contributed by atoms with E-state index < -0.39 is 21.9 Å². The minimum atomic E-state index is -0.918. The Morgan fingerprint density at radius 2 is 1.85 bits per heavy atom. The Labute approximate surface area is 150 Å². The number of rotatable bonds is 10. The molecule has 0 bridgehead atoms. The summed E-state index contributed by atoms with van der Waals surface area (Å²) in [6.45, 7) is 6.05. The molecule has 10 heteroatoms. The smallest absolute Gasteiger partial charge is 0.320 e. The van der Waals surface area contributed by atoms with Gasteiger partial charge < -0.3 is 10.4 Å². The summed E-state index contributed by atoms with van der Waals surface area (Å²) in [6, 6.07) is 2.75. The number of non-ortho nitro benzene ring substituents is 1. The van der Waals surface area contributed by atoms with E-state index in [2.05, 4.69) is 10.6 Å². The summed E-state index contributed by atoms with van der Waals surface area (Å²) in [5.41, 5.74) is -0.833. The molecule has 26 heavy (non-hydrogen) atoms. The number of unbranched alkanes of at least 4 members (excludes halogenated alkanes) is 1. The van der Waals surface area contributed by atoms with Crippen LogP contribution in [0, 0.1) is 20.2 Å². The van der Waals surface area contributed by atoms with Gasteiger partial charge in [-0.3, -0.25) is 30.3 Å². The summed E-state index contributed by atoms with van der Waals surface area (Å²) < 4.78 is 0. The van der Waals surface area contributed by atoms with Crippen molar-refractivity contribution in [3.8, 4) is 0 Å². The fraction of sp³-hybridized carbons (Fsp3) is 0.562. The van der Waals surface area contributed by atoms with E-state index in [1.807, 2.05) is 20.8 Å². The third-order valence-corrected chi connectivity index (χ3v) is 3.53. The fourth-order valence-corrected chi connectivity index (χ4v) is 2.41. The van der Waals surface area contributed by atoms with Gasteiger partial charge in [0.05, 0.1) is 15.9 Å². The molecule has 0 radical (unpaired) electrons. The maximum Gasteiger partial charge on any atom is 0.320 e. The van der Waals surface area contributed by atoms with Gasteiger partial charge in [-0.2, -0.15) is 0 Å². The van der Waals surface area contributed by atoms with Gasteiger partial charge in [-0.1, -0.05) is 0 Å². The number of carboxylic acids is 1. The summed E-state index contributed by atoms with van der Waals surface area (Å²) in [5, 5.41) is 36.9. The number of nitrogens with one attached hydrogen (secondary N) is 2. The van der Waals surface area contributed by atoms with E-state index in [1.165, 1.54) is 12.1 Å². The second-order valence-electron chi connectivity index (χ2n) is 6.92. The average Bonchev–Trinajstić information content (AvgIpc) is 2.51. The maximum absolute atomic E-state index is 11.3. The Morgan fingerprint density at radius 3 is 2.35 bits per heavy atom. The van der Waals surface area contributed by atoms with Crippen molar-refractivity contribution in [1.29, 1.82) is 0 Å².